The number of allylic oxidation sites excluding steroid dienone is 1. The van der Waals surface area contributed by atoms with E-state index in [2.05, 4.69) is 39.2 Å². The van der Waals surface area contributed by atoms with Crippen LogP contribution in [-0.2, 0) is 10.2 Å². The number of fused-ring (bicyclic) bond motifs is 1. The van der Waals surface area contributed by atoms with Crippen LogP contribution in [0.2, 0.25) is 0 Å². The van der Waals surface area contributed by atoms with E-state index in [0.717, 1.165) is 11.1 Å². The first kappa shape index (κ1) is 15.5. The second-order valence-corrected chi connectivity index (χ2v) is 7.25. The summed E-state index contributed by atoms with van der Waals surface area (Å²) >= 11 is 0. The number of nitrogens with zero attached hydrogens (tertiary/aromatic N) is 1. The molecule has 1 unspecified atom stereocenters. The van der Waals surface area contributed by atoms with E-state index in [-0.39, 0.29) is 17.2 Å². The molecule has 1 aromatic rings. The number of rotatable bonds is 1. The Morgan fingerprint density at radius 2 is 1.91 bits per heavy atom. The van der Waals surface area contributed by atoms with Crippen LogP contribution in [0.5, 0.6) is 0 Å². The molecule has 23 heavy (non-hydrogen) atoms. The standard InChI is InChI=1S/C19H22N2O2/c1-11-9-10-15(17(22)20-11)21-12(2)16-13(18(21)23)7-6-8-14(16)19(3,4)5/h6-8,15H,1-2,9-10H2,3-5H3,(H,20,22). The Bertz CT molecular complexity index is 740. The molecule has 3 rings (SSSR count). The number of benzene rings is 1. The molecule has 1 fully saturated rings. The van der Waals surface area contributed by atoms with Gasteiger partial charge in [-0.1, -0.05) is 46.1 Å². The number of amides is 2. The molecule has 0 spiro atoms. The van der Waals surface area contributed by atoms with Gasteiger partial charge >= 0.3 is 0 Å². The predicted molar refractivity (Wildman–Crippen MR) is 90.7 cm³/mol. The Labute approximate surface area is 136 Å². The summed E-state index contributed by atoms with van der Waals surface area (Å²) in [6, 6.07) is 5.24. The molecule has 120 valence electrons. The van der Waals surface area contributed by atoms with Crippen LogP contribution in [-0.4, -0.2) is 22.8 Å². The first-order valence-corrected chi connectivity index (χ1v) is 7.87. The summed E-state index contributed by atoms with van der Waals surface area (Å²) < 4.78 is 0. The van der Waals surface area contributed by atoms with E-state index in [0.29, 0.717) is 29.8 Å². The van der Waals surface area contributed by atoms with Crippen molar-refractivity contribution in [2.24, 2.45) is 0 Å². The van der Waals surface area contributed by atoms with Crippen LogP contribution >= 0.6 is 0 Å². The number of carbonyl (C=O) groups is 2. The lowest BCUT2D eigenvalue weighted by molar-refractivity contribution is -0.125. The molecular formula is C19H22N2O2. The van der Waals surface area contributed by atoms with Crippen molar-refractivity contribution in [3.05, 3.63) is 53.7 Å². The van der Waals surface area contributed by atoms with Crippen molar-refractivity contribution in [2.45, 2.75) is 45.1 Å². The minimum atomic E-state index is -0.513. The van der Waals surface area contributed by atoms with Crippen LogP contribution in [0.25, 0.3) is 5.70 Å². The average molecular weight is 310 g/mol. The van der Waals surface area contributed by atoms with E-state index in [1.165, 1.54) is 0 Å². The number of carbonyl (C=O) groups excluding carboxylic acids is 2. The first-order chi connectivity index (χ1) is 10.7. The molecule has 4 nitrogen and oxygen atoms in total. The highest BCUT2D eigenvalue weighted by atomic mass is 16.2. The maximum atomic E-state index is 12.9. The minimum absolute atomic E-state index is 0.103. The van der Waals surface area contributed by atoms with Gasteiger partial charge in [-0.3, -0.25) is 14.5 Å². The van der Waals surface area contributed by atoms with E-state index in [1.54, 1.807) is 4.90 Å². The van der Waals surface area contributed by atoms with Gasteiger partial charge in [-0.2, -0.15) is 0 Å². The van der Waals surface area contributed by atoms with Gasteiger partial charge in [0.2, 0.25) is 5.91 Å². The third-order valence-corrected chi connectivity index (χ3v) is 4.53. The summed E-state index contributed by atoms with van der Waals surface area (Å²) in [4.78, 5) is 26.7. The third kappa shape index (κ3) is 2.38. The summed E-state index contributed by atoms with van der Waals surface area (Å²) in [5.41, 5.74) is 3.83. The van der Waals surface area contributed by atoms with Gasteiger partial charge < -0.3 is 5.32 Å². The fourth-order valence-electron chi connectivity index (χ4n) is 3.38. The van der Waals surface area contributed by atoms with Crippen molar-refractivity contribution in [1.82, 2.24) is 10.2 Å². The zero-order chi connectivity index (χ0) is 16.9. The van der Waals surface area contributed by atoms with Crippen LogP contribution < -0.4 is 5.32 Å². The molecule has 2 aliphatic rings. The zero-order valence-electron chi connectivity index (χ0n) is 13.9. The monoisotopic (exact) mass is 310 g/mol. The largest absolute Gasteiger partial charge is 0.329 e. The molecule has 2 aliphatic heterocycles. The Morgan fingerprint density at radius 1 is 1.22 bits per heavy atom. The lowest BCUT2D eigenvalue weighted by atomic mass is 9.82. The second-order valence-electron chi connectivity index (χ2n) is 7.25. The number of hydrogen-bond acceptors (Lipinski definition) is 2. The van der Waals surface area contributed by atoms with Crippen molar-refractivity contribution < 1.29 is 9.59 Å². The van der Waals surface area contributed by atoms with Gasteiger partial charge in [-0.25, -0.2) is 0 Å². The third-order valence-electron chi connectivity index (χ3n) is 4.53. The molecule has 2 heterocycles. The van der Waals surface area contributed by atoms with Crippen LogP contribution in [0.4, 0.5) is 0 Å². The number of piperidine rings is 1. The van der Waals surface area contributed by atoms with Gasteiger partial charge in [-0.15, -0.1) is 0 Å². The Balaban J connectivity index is 2.05. The number of hydrogen-bond donors (Lipinski definition) is 1. The van der Waals surface area contributed by atoms with Crippen LogP contribution in [0.3, 0.4) is 0 Å². The lowest BCUT2D eigenvalue weighted by Crippen LogP contribution is -2.49. The van der Waals surface area contributed by atoms with Gasteiger partial charge in [0, 0.05) is 22.5 Å². The molecule has 0 radical (unpaired) electrons. The van der Waals surface area contributed by atoms with Gasteiger partial charge in [0.05, 0.1) is 0 Å². The van der Waals surface area contributed by atoms with Crippen LogP contribution in [0, 0.1) is 0 Å². The molecule has 1 atom stereocenters. The maximum absolute atomic E-state index is 12.9. The van der Waals surface area contributed by atoms with Crippen LogP contribution in [0.1, 0.15) is 55.1 Å². The molecular weight excluding hydrogens is 288 g/mol. The highest BCUT2D eigenvalue weighted by molar-refractivity contribution is 6.11. The van der Waals surface area contributed by atoms with Crippen molar-refractivity contribution in [1.29, 1.82) is 0 Å². The topological polar surface area (TPSA) is 49.4 Å². The molecule has 0 saturated carbocycles. The summed E-state index contributed by atoms with van der Waals surface area (Å²) in [7, 11) is 0. The maximum Gasteiger partial charge on any atom is 0.259 e. The summed E-state index contributed by atoms with van der Waals surface area (Å²) in [5.74, 6) is -0.315. The van der Waals surface area contributed by atoms with E-state index in [1.807, 2.05) is 18.2 Å². The fraction of sp³-hybridized carbons (Fsp3) is 0.368. The van der Waals surface area contributed by atoms with E-state index < -0.39 is 6.04 Å². The smallest absolute Gasteiger partial charge is 0.259 e. The molecule has 1 saturated heterocycles. The highest BCUT2D eigenvalue weighted by Gasteiger charge is 2.42. The normalized spacial score (nSPS) is 21.5. The van der Waals surface area contributed by atoms with Crippen molar-refractivity contribution >= 4 is 17.5 Å². The first-order valence-electron chi connectivity index (χ1n) is 7.87. The highest BCUT2D eigenvalue weighted by Crippen LogP contribution is 2.41. The fourth-order valence-corrected chi connectivity index (χ4v) is 3.38. The van der Waals surface area contributed by atoms with Crippen molar-refractivity contribution in [3.63, 3.8) is 0 Å². The summed E-state index contributed by atoms with van der Waals surface area (Å²) in [5, 5.41) is 2.75. The summed E-state index contributed by atoms with van der Waals surface area (Å²) in [6.45, 7) is 14.3. The summed E-state index contributed by atoms with van der Waals surface area (Å²) in [6.07, 6.45) is 1.25. The second kappa shape index (κ2) is 5.08. The van der Waals surface area contributed by atoms with E-state index >= 15 is 0 Å². The van der Waals surface area contributed by atoms with Gasteiger partial charge in [0.15, 0.2) is 0 Å². The molecule has 1 N–H and O–H groups in total. The Kier molecular flexibility index (Phi) is 3.43. The van der Waals surface area contributed by atoms with Crippen molar-refractivity contribution in [3.8, 4) is 0 Å². The minimum Gasteiger partial charge on any atom is -0.329 e. The molecule has 0 aliphatic carbocycles. The van der Waals surface area contributed by atoms with Crippen LogP contribution in [0.15, 0.2) is 37.1 Å². The molecule has 0 aromatic heterocycles. The molecule has 0 bridgehead atoms. The lowest BCUT2D eigenvalue weighted by Gasteiger charge is -2.32. The predicted octanol–water partition coefficient (Wildman–Crippen LogP) is 3.20. The number of nitrogens with one attached hydrogen (secondary N) is 1. The SMILES string of the molecule is C=C1CCC(N2C(=C)c3c(cccc3C(C)(C)C)C2=O)C(=O)N1. The van der Waals surface area contributed by atoms with Gasteiger partial charge in [0.1, 0.15) is 6.04 Å². The van der Waals surface area contributed by atoms with Gasteiger partial charge in [-0.05, 0) is 29.9 Å². The van der Waals surface area contributed by atoms with Gasteiger partial charge in [0.25, 0.3) is 5.91 Å². The Morgan fingerprint density at radius 3 is 2.52 bits per heavy atom. The molecule has 4 heteroatoms. The Hall–Kier alpha value is -2.36. The van der Waals surface area contributed by atoms with E-state index in [9.17, 15) is 9.59 Å². The average Bonchev–Trinajstić information content (AvgIpc) is 2.71. The quantitative estimate of drug-likeness (QED) is 0.866. The van der Waals surface area contributed by atoms with Crippen molar-refractivity contribution in [2.75, 3.05) is 0 Å². The van der Waals surface area contributed by atoms with E-state index in [4.69, 9.17) is 0 Å². The molecule has 1 aromatic carbocycles. The molecule has 2 amide bonds. The zero-order valence-corrected chi connectivity index (χ0v) is 13.9.